The molecule has 0 amide bonds. The van der Waals surface area contributed by atoms with Gasteiger partial charge in [0.1, 0.15) is 17.7 Å². The minimum atomic E-state index is -1.00. The molecule has 1 atom stereocenters. The Morgan fingerprint density at radius 1 is 1.44 bits per heavy atom. The maximum absolute atomic E-state index is 13.7. The summed E-state index contributed by atoms with van der Waals surface area (Å²) in [7, 11) is 0. The number of hydrogen-bond donors (Lipinski definition) is 1. The Morgan fingerprint density at radius 3 is 2.81 bits per heavy atom. The summed E-state index contributed by atoms with van der Waals surface area (Å²) in [5, 5.41) is 9.99. The number of aliphatic hydroxyl groups is 1. The number of aryl methyl sites for hydroxylation is 1. The first-order valence-corrected chi connectivity index (χ1v) is 5.56. The first-order chi connectivity index (χ1) is 7.59. The zero-order valence-electron chi connectivity index (χ0n) is 8.58. The van der Waals surface area contributed by atoms with Gasteiger partial charge in [-0.3, -0.25) is 0 Å². The van der Waals surface area contributed by atoms with Crippen molar-refractivity contribution in [2.24, 2.45) is 0 Å². The van der Waals surface area contributed by atoms with Gasteiger partial charge in [0.15, 0.2) is 0 Å². The number of furan rings is 1. The molecule has 1 aromatic heterocycles. The maximum atomic E-state index is 13.7. The van der Waals surface area contributed by atoms with Crippen molar-refractivity contribution >= 4 is 15.9 Å². The van der Waals surface area contributed by atoms with E-state index in [9.17, 15) is 9.50 Å². The lowest BCUT2D eigenvalue weighted by Crippen LogP contribution is -2.01. The lowest BCUT2D eigenvalue weighted by molar-refractivity contribution is 0.213. The SMILES string of the molecule is Cc1cc(C(O)c2cccc(Br)c2F)co1. The molecule has 2 nitrogen and oxygen atoms in total. The molecule has 0 radical (unpaired) electrons. The predicted molar refractivity (Wildman–Crippen MR) is 61.6 cm³/mol. The average molecular weight is 285 g/mol. The van der Waals surface area contributed by atoms with E-state index in [1.165, 1.54) is 6.26 Å². The van der Waals surface area contributed by atoms with E-state index in [1.807, 2.05) is 0 Å². The molecule has 1 heterocycles. The van der Waals surface area contributed by atoms with Gasteiger partial charge in [-0.15, -0.1) is 0 Å². The second kappa shape index (κ2) is 4.39. The van der Waals surface area contributed by atoms with E-state index in [1.54, 1.807) is 31.2 Å². The number of aliphatic hydroxyl groups excluding tert-OH is 1. The molecule has 1 N–H and O–H groups in total. The molecule has 84 valence electrons. The van der Waals surface area contributed by atoms with E-state index in [0.717, 1.165) is 0 Å². The summed E-state index contributed by atoms with van der Waals surface area (Å²) in [6.07, 6.45) is 0.426. The number of rotatable bonds is 2. The van der Waals surface area contributed by atoms with Crippen molar-refractivity contribution in [1.82, 2.24) is 0 Å². The summed E-state index contributed by atoms with van der Waals surface area (Å²) in [6.45, 7) is 1.77. The van der Waals surface area contributed by atoms with Crippen molar-refractivity contribution < 1.29 is 13.9 Å². The van der Waals surface area contributed by atoms with Crippen LogP contribution in [-0.2, 0) is 0 Å². The van der Waals surface area contributed by atoms with E-state index < -0.39 is 11.9 Å². The second-order valence-electron chi connectivity index (χ2n) is 3.54. The Labute approximate surface area is 101 Å². The van der Waals surface area contributed by atoms with Gasteiger partial charge in [0.2, 0.25) is 0 Å². The van der Waals surface area contributed by atoms with Crippen molar-refractivity contribution in [3.05, 3.63) is 57.7 Å². The van der Waals surface area contributed by atoms with Gasteiger partial charge in [0.25, 0.3) is 0 Å². The fraction of sp³-hybridized carbons (Fsp3) is 0.167. The monoisotopic (exact) mass is 284 g/mol. The van der Waals surface area contributed by atoms with Crippen LogP contribution in [0.2, 0.25) is 0 Å². The molecule has 2 rings (SSSR count). The van der Waals surface area contributed by atoms with Crippen LogP contribution in [0.15, 0.2) is 39.4 Å². The standard InChI is InChI=1S/C12H10BrFO2/c1-7-5-8(6-16-7)12(15)9-3-2-4-10(13)11(9)14/h2-6,12,15H,1H3. The third-order valence-corrected chi connectivity index (χ3v) is 2.96. The zero-order valence-corrected chi connectivity index (χ0v) is 10.2. The van der Waals surface area contributed by atoms with E-state index in [4.69, 9.17) is 4.42 Å². The molecule has 0 bridgehead atoms. The van der Waals surface area contributed by atoms with Crippen molar-refractivity contribution in [2.45, 2.75) is 13.0 Å². The van der Waals surface area contributed by atoms with E-state index in [0.29, 0.717) is 15.8 Å². The highest BCUT2D eigenvalue weighted by molar-refractivity contribution is 9.10. The Balaban J connectivity index is 2.41. The quantitative estimate of drug-likeness (QED) is 0.915. The molecule has 0 aliphatic heterocycles. The smallest absolute Gasteiger partial charge is 0.143 e. The molecule has 0 spiro atoms. The molecule has 1 aromatic carbocycles. The maximum Gasteiger partial charge on any atom is 0.143 e. The highest BCUT2D eigenvalue weighted by atomic mass is 79.9. The normalized spacial score (nSPS) is 12.8. The number of halogens is 2. The van der Waals surface area contributed by atoms with Gasteiger partial charge in [-0.25, -0.2) is 4.39 Å². The molecular formula is C12H10BrFO2. The van der Waals surface area contributed by atoms with E-state index in [-0.39, 0.29) is 5.56 Å². The van der Waals surface area contributed by atoms with Gasteiger partial charge in [0.05, 0.1) is 10.7 Å². The third kappa shape index (κ3) is 2.03. The summed E-state index contributed by atoms with van der Waals surface area (Å²) < 4.78 is 19.1. The summed E-state index contributed by atoms with van der Waals surface area (Å²) in [4.78, 5) is 0. The van der Waals surface area contributed by atoms with Crippen LogP contribution in [-0.4, -0.2) is 5.11 Å². The molecule has 2 aromatic rings. The first-order valence-electron chi connectivity index (χ1n) is 4.76. The average Bonchev–Trinajstić information content (AvgIpc) is 2.68. The fourth-order valence-electron chi connectivity index (χ4n) is 1.52. The first kappa shape index (κ1) is 11.4. The van der Waals surface area contributed by atoms with Gasteiger partial charge in [-0.1, -0.05) is 12.1 Å². The second-order valence-corrected chi connectivity index (χ2v) is 4.39. The minimum Gasteiger partial charge on any atom is -0.469 e. The Bertz CT molecular complexity index is 507. The summed E-state index contributed by atoms with van der Waals surface area (Å²) >= 11 is 3.08. The lowest BCUT2D eigenvalue weighted by atomic mass is 10.0. The van der Waals surface area contributed by atoms with Crippen LogP contribution in [0.5, 0.6) is 0 Å². The van der Waals surface area contributed by atoms with E-state index in [2.05, 4.69) is 15.9 Å². The van der Waals surface area contributed by atoms with Crippen LogP contribution >= 0.6 is 15.9 Å². The summed E-state index contributed by atoms with van der Waals surface area (Å²) in [5.74, 6) is 0.235. The topological polar surface area (TPSA) is 33.4 Å². The number of hydrogen-bond acceptors (Lipinski definition) is 2. The van der Waals surface area contributed by atoms with Crippen molar-refractivity contribution in [3.63, 3.8) is 0 Å². The van der Waals surface area contributed by atoms with Gasteiger partial charge < -0.3 is 9.52 Å². The van der Waals surface area contributed by atoms with Crippen LogP contribution in [0, 0.1) is 12.7 Å². The van der Waals surface area contributed by atoms with E-state index >= 15 is 0 Å². The van der Waals surface area contributed by atoms with Crippen LogP contribution in [0.3, 0.4) is 0 Å². The zero-order chi connectivity index (χ0) is 11.7. The highest BCUT2D eigenvalue weighted by Gasteiger charge is 2.18. The van der Waals surface area contributed by atoms with Crippen molar-refractivity contribution in [2.75, 3.05) is 0 Å². The molecule has 16 heavy (non-hydrogen) atoms. The summed E-state index contributed by atoms with van der Waals surface area (Å²) in [6, 6.07) is 6.50. The van der Waals surface area contributed by atoms with Crippen LogP contribution in [0.1, 0.15) is 23.0 Å². The Kier molecular flexibility index (Phi) is 3.12. The molecule has 0 aliphatic rings. The van der Waals surface area contributed by atoms with Crippen LogP contribution < -0.4 is 0 Å². The highest BCUT2D eigenvalue weighted by Crippen LogP contribution is 2.28. The molecule has 4 heteroatoms. The third-order valence-electron chi connectivity index (χ3n) is 2.34. The van der Waals surface area contributed by atoms with Gasteiger partial charge in [-0.05, 0) is 35.0 Å². The molecule has 0 saturated carbocycles. The van der Waals surface area contributed by atoms with Gasteiger partial charge in [-0.2, -0.15) is 0 Å². The van der Waals surface area contributed by atoms with Crippen LogP contribution in [0.4, 0.5) is 4.39 Å². The predicted octanol–water partition coefficient (Wildman–Crippen LogP) is 3.57. The minimum absolute atomic E-state index is 0.232. The van der Waals surface area contributed by atoms with Crippen LogP contribution in [0.25, 0.3) is 0 Å². The van der Waals surface area contributed by atoms with Crippen molar-refractivity contribution in [1.29, 1.82) is 0 Å². The Morgan fingerprint density at radius 2 is 2.19 bits per heavy atom. The largest absolute Gasteiger partial charge is 0.469 e. The lowest BCUT2D eigenvalue weighted by Gasteiger charge is -2.10. The Hall–Kier alpha value is -1.13. The molecule has 0 fully saturated rings. The van der Waals surface area contributed by atoms with Gasteiger partial charge >= 0.3 is 0 Å². The molecule has 0 aliphatic carbocycles. The van der Waals surface area contributed by atoms with Gasteiger partial charge in [0, 0.05) is 11.1 Å². The fourth-order valence-corrected chi connectivity index (χ4v) is 1.90. The molecular weight excluding hydrogens is 275 g/mol. The molecule has 1 unspecified atom stereocenters. The number of benzene rings is 1. The van der Waals surface area contributed by atoms with Crippen molar-refractivity contribution in [3.8, 4) is 0 Å². The summed E-state index contributed by atoms with van der Waals surface area (Å²) in [5.41, 5.74) is 0.782. The molecule has 0 saturated heterocycles.